The van der Waals surface area contributed by atoms with Crippen LogP contribution in [0.4, 0.5) is 0 Å². The quantitative estimate of drug-likeness (QED) is 0.728. The van der Waals surface area contributed by atoms with E-state index in [1.807, 2.05) is 0 Å². The van der Waals surface area contributed by atoms with E-state index >= 15 is 0 Å². The normalized spacial score (nSPS) is 25.0. The van der Waals surface area contributed by atoms with Crippen LogP contribution in [0.15, 0.2) is 0 Å². The monoisotopic (exact) mass is 212 g/mol. The molecule has 1 heterocycles. The fourth-order valence-corrected chi connectivity index (χ4v) is 2.79. The molecule has 0 aliphatic carbocycles. The van der Waals surface area contributed by atoms with Crippen molar-refractivity contribution in [3.63, 3.8) is 0 Å². The van der Waals surface area contributed by atoms with Crippen LogP contribution in [0.1, 0.15) is 46.5 Å². The highest BCUT2D eigenvalue weighted by Crippen LogP contribution is 2.23. The smallest absolute Gasteiger partial charge is 0.0192 e. The molecule has 1 saturated heterocycles. The van der Waals surface area contributed by atoms with Gasteiger partial charge < -0.3 is 5.32 Å². The van der Waals surface area contributed by atoms with Crippen molar-refractivity contribution in [2.75, 3.05) is 20.1 Å². The Bertz CT molecular complexity index is 168. The van der Waals surface area contributed by atoms with Crippen molar-refractivity contribution in [3.8, 4) is 0 Å². The minimum absolute atomic E-state index is 0.689. The molecule has 0 spiro atoms. The number of rotatable bonds is 6. The van der Waals surface area contributed by atoms with Gasteiger partial charge in [-0.05, 0) is 38.8 Å². The highest BCUT2D eigenvalue weighted by atomic mass is 15.2. The Morgan fingerprint density at radius 2 is 2.13 bits per heavy atom. The summed E-state index contributed by atoms with van der Waals surface area (Å²) in [6.45, 7) is 9.54. The zero-order valence-corrected chi connectivity index (χ0v) is 10.9. The Morgan fingerprint density at radius 1 is 1.40 bits per heavy atom. The molecule has 1 aliphatic rings. The lowest BCUT2D eigenvalue weighted by molar-refractivity contribution is 0.185. The minimum atomic E-state index is 0.689. The van der Waals surface area contributed by atoms with Gasteiger partial charge in [0, 0.05) is 18.6 Å². The average molecular weight is 212 g/mol. The van der Waals surface area contributed by atoms with E-state index in [4.69, 9.17) is 0 Å². The van der Waals surface area contributed by atoms with Gasteiger partial charge in [-0.25, -0.2) is 0 Å². The molecule has 0 amide bonds. The molecule has 2 unspecified atom stereocenters. The zero-order chi connectivity index (χ0) is 11.3. The van der Waals surface area contributed by atoms with Gasteiger partial charge in [-0.2, -0.15) is 0 Å². The van der Waals surface area contributed by atoms with E-state index in [0.717, 1.165) is 12.0 Å². The Labute approximate surface area is 95.4 Å². The first-order chi connectivity index (χ1) is 7.19. The Morgan fingerprint density at radius 3 is 2.67 bits per heavy atom. The molecule has 2 nitrogen and oxygen atoms in total. The first-order valence-electron chi connectivity index (χ1n) is 6.60. The molecule has 1 aliphatic heterocycles. The third-order valence-electron chi connectivity index (χ3n) is 3.68. The van der Waals surface area contributed by atoms with Crippen molar-refractivity contribution in [1.82, 2.24) is 10.2 Å². The maximum Gasteiger partial charge on any atom is 0.0192 e. The van der Waals surface area contributed by atoms with Crippen LogP contribution in [-0.2, 0) is 0 Å². The fourth-order valence-electron chi connectivity index (χ4n) is 2.79. The largest absolute Gasteiger partial charge is 0.316 e. The molecule has 1 fully saturated rings. The Kier molecular flexibility index (Phi) is 5.62. The van der Waals surface area contributed by atoms with E-state index in [9.17, 15) is 0 Å². The van der Waals surface area contributed by atoms with Crippen LogP contribution in [-0.4, -0.2) is 37.1 Å². The average Bonchev–Trinajstić information content (AvgIpc) is 2.65. The van der Waals surface area contributed by atoms with Gasteiger partial charge in [-0.15, -0.1) is 0 Å². The summed E-state index contributed by atoms with van der Waals surface area (Å²) in [7, 11) is 2.10. The molecule has 0 aromatic carbocycles. The second-order valence-electron chi connectivity index (χ2n) is 5.22. The number of hydrogen-bond donors (Lipinski definition) is 1. The number of nitrogens with zero attached hydrogens (tertiary/aromatic N) is 1. The van der Waals surface area contributed by atoms with Crippen LogP contribution in [0.5, 0.6) is 0 Å². The first-order valence-corrected chi connectivity index (χ1v) is 6.60. The summed E-state index contributed by atoms with van der Waals surface area (Å²) in [5, 5.41) is 3.45. The topological polar surface area (TPSA) is 15.3 Å². The SMILES string of the molecule is CCCC(CN1CCCC1C(C)C)NC. The molecule has 90 valence electrons. The molecule has 0 bridgehead atoms. The summed E-state index contributed by atoms with van der Waals surface area (Å²) in [5.41, 5.74) is 0. The molecule has 1 N–H and O–H groups in total. The van der Waals surface area contributed by atoms with Crippen molar-refractivity contribution >= 4 is 0 Å². The van der Waals surface area contributed by atoms with Gasteiger partial charge in [0.2, 0.25) is 0 Å². The Hall–Kier alpha value is -0.0800. The Balaban J connectivity index is 2.41. The van der Waals surface area contributed by atoms with E-state index in [0.29, 0.717) is 6.04 Å². The van der Waals surface area contributed by atoms with Crippen molar-refractivity contribution in [1.29, 1.82) is 0 Å². The van der Waals surface area contributed by atoms with Crippen LogP contribution < -0.4 is 5.32 Å². The summed E-state index contributed by atoms with van der Waals surface area (Å²) in [6, 6.07) is 1.52. The fraction of sp³-hybridized carbons (Fsp3) is 1.00. The molecule has 0 radical (unpaired) electrons. The third-order valence-corrected chi connectivity index (χ3v) is 3.68. The highest BCUT2D eigenvalue weighted by molar-refractivity contribution is 4.84. The summed E-state index contributed by atoms with van der Waals surface area (Å²) >= 11 is 0. The summed E-state index contributed by atoms with van der Waals surface area (Å²) < 4.78 is 0. The lowest BCUT2D eigenvalue weighted by Gasteiger charge is -2.31. The van der Waals surface area contributed by atoms with Gasteiger partial charge in [0.15, 0.2) is 0 Å². The van der Waals surface area contributed by atoms with Gasteiger partial charge in [0.25, 0.3) is 0 Å². The van der Waals surface area contributed by atoms with Crippen LogP contribution in [0.25, 0.3) is 0 Å². The molecule has 2 heteroatoms. The third kappa shape index (κ3) is 3.76. The zero-order valence-electron chi connectivity index (χ0n) is 10.9. The van der Waals surface area contributed by atoms with Gasteiger partial charge in [-0.1, -0.05) is 27.2 Å². The lowest BCUT2D eigenvalue weighted by Crippen LogP contribution is -2.43. The summed E-state index contributed by atoms with van der Waals surface area (Å²) in [5.74, 6) is 0.812. The molecule has 2 atom stereocenters. The molecule has 0 aromatic heterocycles. The standard InChI is InChI=1S/C13H28N2/c1-5-7-12(14-4)10-15-9-6-8-13(15)11(2)3/h11-14H,5-10H2,1-4H3. The molecule has 0 saturated carbocycles. The summed E-state index contributed by atoms with van der Waals surface area (Å²) in [6.07, 6.45) is 5.38. The van der Waals surface area contributed by atoms with Gasteiger partial charge in [-0.3, -0.25) is 4.90 Å². The predicted octanol–water partition coefficient (Wildman–Crippen LogP) is 2.49. The second-order valence-corrected chi connectivity index (χ2v) is 5.22. The van der Waals surface area contributed by atoms with Crippen LogP contribution >= 0.6 is 0 Å². The number of likely N-dealkylation sites (tertiary alicyclic amines) is 1. The van der Waals surface area contributed by atoms with Crippen LogP contribution in [0, 0.1) is 5.92 Å². The maximum absolute atomic E-state index is 3.45. The molecular formula is C13H28N2. The highest BCUT2D eigenvalue weighted by Gasteiger charge is 2.28. The number of likely N-dealkylation sites (N-methyl/N-ethyl adjacent to an activating group) is 1. The van der Waals surface area contributed by atoms with E-state index in [1.54, 1.807) is 0 Å². The maximum atomic E-state index is 3.45. The van der Waals surface area contributed by atoms with Crippen LogP contribution in [0.2, 0.25) is 0 Å². The van der Waals surface area contributed by atoms with Crippen molar-refractivity contribution in [2.24, 2.45) is 5.92 Å². The van der Waals surface area contributed by atoms with E-state index in [2.05, 4.69) is 38.0 Å². The predicted molar refractivity (Wildman–Crippen MR) is 67.2 cm³/mol. The molecular weight excluding hydrogens is 184 g/mol. The van der Waals surface area contributed by atoms with E-state index in [-0.39, 0.29) is 0 Å². The second kappa shape index (κ2) is 6.49. The van der Waals surface area contributed by atoms with Gasteiger partial charge in [0.05, 0.1) is 0 Å². The molecule has 15 heavy (non-hydrogen) atoms. The summed E-state index contributed by atoms with van der Waals surface area (Å²) in [4.78, 5) is 2.70. The van der Waals surface area contributed by atoms with E-state index < -0.39 is 0 Å². The first kappa shape index (κ1) is 13.0. The van der Waals surface area contributed by atoms with Crippen molar-refractivity contribution in [2.45, 2.75) is 58.5 Å². The van der Waals surface area contributed by atoms with Crippen molar-refractivity contribution in [3.05, 3.63) is 0 Å². The number of nitrogens with one attached hydrogen (secondary N) is 1. The molecule has 1 rings (SSSR count). The number of hydrogen-bond acceptors (Lipinski definition) is 2. The van der Waals surface area contributed by atoms with Gasteiger partial charge in [0.1, 0.15) is 0 Å². The molecule has 0 aromatic rings. The van der Waals surface area contributed by atoms with Gasteiger partial charge >= 0.3 is 0 Å². The van der Waals surface area contributed by atoms with Crippen molar-refractivity contribution < 1.29 is 0 Å². The lowest BCUT2D eigenvalue weighted by atomic mass is 10.0. The van der Waals surface area contributed by atoms with Crippen LogP contribution in [0.3, 0.4) is 0 Å². The minimum Gasteiger partial charge on any atom is -0.316 e. The van der Waals surface area contributed by atoms with E-state index in [1.165, 1.54) is 38.8 Å².